The van der Waals surface area contributed by atoms with Gasteiger partial charge in [0.15, 0.2) is 0 Å². The van der Waals surface area contributed by atoms with Crippen molar-refractivity contribution in [2.45, 2.75) is 63.1 Å². The summed E-state index contributed by atoms with van der Waals surface area (Å²) in [7, 11) is -1.43. The van der Waals surface area contributed by atoms with Crippen LogP contribution < -0.4 is 0 Å². The molecule has 124 valence electrons. The number of hydrogen-bond donors (Lipinski definition) is 1. The topological polar surface area (TPSA) is 66.8 Å². The van der Waals surface area contributed by atoms with Gasteiger partial charge in [-0.2, -0.15) is 0 Å². The summed E-state index contributed by atoms with van der Waals surface area (Å²) in [6, 6.07) is 0. The van der Waals surface area contributed by atoms with Gasteiger partial charge < -0.3 is 9.84 Å². The summed E-state index contributed by atoms with van der Waals surface area (Å²) in [4.78, 5) is 0. The number of sulfonamides is 1. The minimum absolute atomic E-state index is 0.234. The summed E-state index contributed by atoms with van der Waals surface area (Å²) in [6.07, 6.45) is 8.52. The molecule has 2 atom stereocenters. The van der Waals surface area contributed by atoms with Crippen molar-refractivity contribution in [3.63, 3.8) is 0 Å². The molecule has 0 amide bonds. The number of nitrogens with zero attached hydrogens (tertiary/aromatic N) is 1. The number of aliphatic hydroxyl groups is 1. The molecular weight excluding hydrogens is 290 g/mol. The van der Waals surface area contributed by atoms with E-state index in [2.05, 4.69) is 0 Å². The third-order valence-electron chi connectivity index (χ3n) is 5.22. The monoisotopic (exact) mass is 319 g/mol. The maximum Gasteiger partial charge on any atom is 0.211 e. The van der Waals surface area contributed by atoms with E-state index in [0.29, 0.717) is 19.5 Å². The Balaban J connectivity index is 1.96. The van der Waals surface area contributed by atoms with Crippen LogP contribution in [0, 0.1) is 5.92 Å². The van der Waals surface area contributed by atoms with E-state index in [1.807, 2.05) is 0 Å². The van der Waals surface area contributed by atoms with E-state index in [9.17, 15) is 13.5 Å². The first-order valence-corrected chi connectivity index (χ1v) is 9.90. The molecule has 0 aromatic rings. The lowest BCUT2D eigenvalue weighted by Gasteiger charge is -2.42. The zero-order valence-electron chi connectivity index (χ0n) is 13.3. The zero-order valence-corrected chi connectivity index (χ0v) is 14.1. The maximum absolute atomic E-state index is 11.7. The fourth-order valence-electron chi connectivity index (χ4n) is 3.87. The van der Waals surface area contributed by atoms with E-state index in [0.717, 1.165) is 38.5 Å². The summed E-state index contributed by atoms with van der Waals surface area (Å²) in [5, 5.41) is 10.7. The van der Waals surface area contributed by atoms with E-state index >= 15 is 0 Å². The van der Waals surface area contributed by atoms with Crippen molar-refractivity contribution >= 4 is 10.0 Å². The van der Waals surface area contributed by atoms with Gasteiger partial charge in [-0.15, -0.1) is 0 Å². The maximum atomic E-state index is 11.7. The second-order valence-electron chi connectivity index (χ2n) is 6.71. The van der Waals surface area contributed by atoms with Gasteiger partial charge in [0.1, 0.15) is 0 Å². The Bertz CT molecular complexity index is 431. The highest BCUT2D eigenvalue weighted by Gasteiger charge is 2.40. The third-order valence-corrected chi connectivity index (χ3v) is 6.49. The van der Waals surface area contributed by atoms with Gasteiger partial charge in [-0.1, -0.05) is 19.3 Å². The molecule has 6 heteroatoms. The molecule has 21 heavy (non-hydrogen) atoms. The molecule has 1 aliphatic carbocycles. The van der Waals surface area contributed by atoms with Gasteiger partial charge in [0.2, 0.25) is 10.0 Å². The normalized spacial score (nSPS) is 29.2. The number of ether oxygens (including phenoxy) is 1. The Kier molecular flexibility index (Phi) is 5.68. The molecule has 0 radical (unpaired) electrons. The molecule has 1 saturated carbocycles. The molecular formula is C15H29NO4S. The fraction of sp³-hybridized carbons (Fsp3) is 1.00. The highest BCUT2D eigenvalue weighted by Crippen LogP contribution is 2.37. The van der Waals surface area contributed by atoms with Crippen LogP contribution in [-0.4, -0.2) is 56.0 Å². The van der Waals surface area contributed by atoms with E-state index in [-0.39, 0.29) is 5.92 Å². The van der Waals surface area contributed by atoms with Crippen LogP contribution in [0.4, 0.5) is 0 Å². The van der Waals surface area contributed by atoms with Crippen LogP contribution in [0.3, 0.4) is 0 Å². The zero-order chi connectivity index (χ0) is 15.5. The van der Waals surface area contributed by atoms with Crippen LogP contribution in [0.15, 0.2) is 0 Å². The lowest BCUT2D eigenvalue weighted by molar-refractivity contribution is -0.130. The summed E-state index contributed by atoms with van der Waals surface area (Å²) in [5.74, 6) is 0.234. The van der Waals surface area contributed by atoms with Crippen molar-refractivity contribution in [1.29, 1.82) is 0 Å². The lowest BCUT2D eigenvalue weighted by atomic mass is 9.77. The van der Waals surface area contributed by atoms with E-state index in [4.69, 9.17) is 4.74 Å². The second-order valence-corrected chi connectivity index (χ2v) is 8.69. The van der Waals surface area contributed by atoms with Gasteiger partial charge >= 0.3 is 0 Å². The Morgan fingerprint density at radius 3 is 2.52 bits per heavy atom. The first kappa shape index (κ1) is 17.2. The quantitative estimate of drug-likeness (QED) is 0.838. The molecule has 0 aromatic carbocycles. The van der Waals surface area contributed by atoms with Gasteiger partial charge in [0.25, 0.3) is 0 Å². The molecule has 1 saturated heterocycles. The van der Waals surface area contributed by atoms with Gasteiger partial charge in [0.05, 0.1) is 18.0 Å². The van der Waals surface area contributed by atoms with Crippen LogP contribution >= 0.6 is 0 Å². The predicted octanol–water partition coefficient (Wildman–Crippen LogP) is 1.76. The first-order chi connectivity index (χ1) is 9.87. The van der Waals surface area contributed by atoms with E-state index in [1.54, 1.807) is 11.4 Å². The largest absolute Gasteiger partial charge is 0.390 e. The second kappa shape index (κ2) is 6.94. The van der Waals surface area contributed by atoms with Gasteiger partial charge in [-0.3, -0.25) is 0 Å². The van der Waals surface area contributed by atoms with E-state index in [1.165, 1.54) is 12.7 Å². The molecule has 0 bridgehead atoms. The highest BCUT2D eigenvalue weighted by molar-refractivity contribution is 7.88. The number of piperidine rings is 1. The van der Waals surface area contributed by atoms with Crippen LogP contribution in [0.1, 0.15) is 51.4 Å². The Morgan fingerprint density at radius 1 is 1.29 bits per heavy atom. The van der Waals surface area contributed by atoms with Crippen molar-refractivity contribution in [3.05, 3.63) is 0 Å². The van der Waals surface area contributed by atoms with Gasteiger partial charge in [0, 0.05) is 20.2 Å². The fourth-order valence-corrected chi connectivity index (χ4v) is 4.82. The average Bonchev–Trinajstić information content (AvgIpc) is 2.47. The van der Waals surface area contributed by atoms with Crippen LogP contribution in [0.2, 0.25) is 0 Å². The van der Waals surface area contributed by atoms with Crippen molar-refractivity contribution in [2.24, 2.45) is 5.92 Å². The average molecular weight is 319 g/mol. The number of hydrogen-bond acceptors (Lipinski definition) is 4. The molecule has 1 aliphatic heterocycles. The smallest absolute Gasteiger partial charge is 0.211 e. The Hall–Kier alpha value is -0.170. The number of methoxy groups -OCH3 is 1. The Labute approximate surface area is 128 Å². The number of aliphatic hydroxyl groups excluding tert-OH is 1. The summed E-state index contributed by atoms with van der Waals surface area (Å²) >= 11 is 0. The summed E-state index contributed by atoms with van der Waals surface area (Å²) in [5.41, 5.74) is -0.411. The predicted molar refractivity (Wildman–Crippen MR) is 82.6 cm³/mol. The molecule has 0 aromatic heterocycles. The standard InChI is InChI=1S/C15H29NO4S/c1-20-15(8-4-3-5-9-15)14(17)11-13-7-6-10-16(12-13)21(2,18)19/h13-14,17H,3-12H2,1-2H3. The summed E-state index contributed by atoms with van der Waals surface area (Å²) < 4.78 is 30.6. The van der Waals surface area contributed by atoms with Crippen molar-refractivity contribution in [1.82, 2.24) is 4.31 Å². The van der Waals surface area contributed by atoms with Gasteiger partial charge in [-0.05, 0) is 38.0 Å². The van der Waals surface area contributed by atoms with Crippen LogP contribution in [0.5, 0.6) is 0 Å². The highest BCUT2D eigenvalue weighted by atomic mass is 32.2. The number of rotatable bonds is 5. The molecule has 1 N–H and O–H groups in total. The lowest BCUT2D eigenvalue weighted by Crippen LogP contribution is -2.48. The van der Waals surface area contributed by atoms with Crippen LogP contribution in [-0.2, 0) is 14.8 Å². The molecule has 1 heterocycles. The molecule has 5 nitrogen and oxygen atoms in total. The SMILES string of the molecule is COC1(C(O)CC2CCCN(S(C)(=O)=O)C2)CCCCC1. The molecule has 2 unspecified atom stereocenters. The van der Waals surface area contributed by atoms with Gasteiger partial charge in [-0.25, -0.2) is 12.7 Å². The molecule has 2 rings (SSSR count). The van der Waals surface area contributed by atoms with Crippen molar-refractivity contribution in [2.75, 3.05) is 26.5 Å². The first-order valence-electron chi connectivity index (χ1n) is 8.06. The molecule has 2 aliphatic rings. The molecule has 0 spiro atoms. The third kappa shape index (κ3) is 4.18. The molecule has 2 fully saturated rings. The van der Waals surface area contributed by atoms with E-state index < -0.39 is 21.7 Å². The van der Waals surface area contributed by atoms with Crippen molar-refractivity contribution in [3.8, 4) is 0 Å². The van der Waals surface area contributed by atoms with Crippen LogP contribution in [0.25, 0.3) is 0 Å². The summed E-state index contributed by atoms with van der Waals surface area (Å²) in [6.45, 7) is 1.15. The van der Waals surface area contributed by atoms with Crippen molar-refractivity contribution < 1.29 is 18.3 Å². The minimum Gasteiger partial charge on any atom is -0.390 e. The Morgan fingerprint density at radius 2 is 1.95 bits per heavy atom. The minimum atomic E-state index is -3.12.